The van der Waals surface area contributed by atoms with Crippen LogP contribution < -0.4 is 15.0 Å². The number of ether oxygens (including phenoxy) is 2. The molecule has 0 atom stereocenters. The largest absolute Gasteiger partial charge is 0.493 e. The van der Waals surface area contributed by atoms with Crippen LogP contribution in [-0.4, -0.2) is 28.7 Å². The number of benzene rings is 1. The van der Waals surface area contributed by atoms with E-state index < -0.39 is 12.2 Å². The Labute approximate surface area is 140 Å². The first-order chi connectivity index (χ1) is 12.0. The number of rotatable bonds is 6. The fraction of sp³-hybridized carbons (Fsp3) is 0.312. The summed E-state index contributed by atoms with van der Waals surface area (Å²) in [4.78, 5) is 23.4. The number of aromatic nitrogens is 3. The van der Waals surface area contributed by atoms with Gasteiger partial charge in [0.1, 0.15) is 12.0 Å². The van der Waals surface area contributed by atoms with E-state index in [1.165, 1.54) is 25.5 Å². The van der Waals surface area contributed by atoms with Crippen LogP contribution in [0.4, 0.5) is 8.78 Å². The summed E-state index contributed by atoms with van der Waals surface area (Å²) in [6.07, 6.45) is 2.90. The van der Waals surface area contributed by atoms with E-state index in [2.05, 4.69) is 19.7 Å². The fourth-order valence-corrected chi connectivity index (χ4v) is 2.36. The number of aryl methyl sites for hydroxylation is 1. The number of alkyl halides is 2. The minimum atomic E-state index is -3.03. The SMILES string of the molecule is CCCc1nc(-c2nc3cc(OC(F)F)c(OC)cc3c(=O)[nH]2)co1. The zero-order valence-electron chi connectivity index (χ0n) is 13.5. The van der Waals surface area contributed by atoms with Gasteiger partial charge in [-0.1, -0.05) is 6.92 Å². The van der Waals surface area contributed by atoms with Crippen molar-refractivity contribution in [2.45, 2.75) is 26.4 Å². The highest BCUT2D eigenvalue weighted by Crippen LogP contribution is 2.32. The Morgan fingerprint density at radius 2 is 2.08 bits per heavy atom. The van der Waals surface area contributed by atoms with Crippen molar-refractivity contribution in [2.24, 2.45) is 0 Å². The number of methoxy groups -OCH3 is 1. The van der Waals surface area contributed by atoms with Crippen LogP contribution in [0, 0.1) is 0 Å². The summed E-state index contributed by atoms with van der Waals surface area (Å²) in [7, 11) is 1.29. The molecule has 0 fully saturated rings. The molecule has 0 aliphatic carbocycles. The molecular weight excluding hydrogens is 336 g/mol. The molecule has 1 N–H and O–H groups in total. The van der Waals surface area contributed by atoms with Gasteiger partial charge in [0.2, 0.25) is 0 Å². The molecule has 25 heavy (non-hydrogen) atoms. The lowest BCUT2D eigenvalue weighted by Crippen LogP contribution is -2.11. The first kappa shape index (κ1) is 16.9. The molecule has 0 saturated carbocycles. The molecule has 0 saturated heterocycles. The maximum atomic E-state index is 12.5. The summed E-state index contributed by atoms with van der Waals surface area (Å²) in [5, 5.41) is 0.180. The van der Waals surface area contributed by atoms with Crippen molar-refractivity contribution < 1.29 is 22.7 Å². The molecule has 2 heterocycles. The summed E-state index contributed by atoms with van der Waals surface area (Å²) in [6, 6.07) is 2.53. The fourth-order valence-electron chi connectivity index (χ4n) is 2.36. The van der Waals surface area contributed by atoms with Crippen LogP contribution in [0.2, 0.25) is 0 Å². The second-order valence-electron chi connectivity index (χ2n) is 5.19. The van der Waals surface area contributed by atoms with E-state index in [0.29, 0.717) is 18.0 Å². The molecule has 0 bridgehead atoms. The van der Waals surface area contributed by atoms with Crippen molar-refractivity contribution in [2.75, 3.05) is 7.11 Å². The predicted molar refractivity (Wildman–Crippen MR) is 85.0 cm³/mol. The van der Waals surface area contributed by atoms with Crippen molar-refractivity contribution in [3.63, 3.8) is 0 Å². The van der Waals surface area contributed by atoms with E-state index >= 15 is 0 Å². The van der Waals surface area contributed by atoms with E-state index in [9.17, 15) is 13.6 Å². The maximum Gasteiger partial charge on any atom is 0.387 e. The molecule has 0 spiro atoms. The van der Waals surface area contributed by atoms with Crippen LogP contribution in [0.5, 0.6) is 11.5 Å². The molecule has 132 valence electrons. The molecule has 3 aromatic rings. The molecule has 0 amide bonds. The Morgan fingerprint density at radius 3 is 2.76 bits per heavy atom. The second kappa shape index (κ2) is 6.88. The van der Waals surface area contributed by atoms with E-state index in [-0.39, 0.29) is 28.2 Å². The minimum absolute atomic E-state index is 0.0134. The van der Waals surface area contributed by atoms with Gasteiger partial charge in [-0.2, -0.15) is 8.78 Å². The number of H-pyrrole nitrogens is 1. The number of oxazole rings is 1. The number of nitrogens with one attached hydrogen (secondary N) is 1. The van der Waals surface area contributed by atoms with Gasteiger partial charge in [0, 0.05) is 12.5 Å². The van der Waals surface area contributed by atoms with E-state index in [1.54, 1.807) is 0 Å². The molecule has 7 nitrogen and oxygen atoms in total. The number of halogens is 2. The second-order valence-corrected chi connectivity index (χ2v) is 5.19. The molecule has 0 unspecified atom stereocenters. The average Bonchev–Trinajstić information content (AvgIpc) is 3.02. The average molecular weight is 351 g/mol. The van der Waals surface area contributed by atoms with E-state index in [0.717, 1.165) is 6.42 Å². The third-order valence-electron chi connectivity index (χ3n) is 3.47. The van der Waals surface area contributed by atoms with Gasteiger partial charge >= 0.3 is 6.61 Å². The van der Waals surface area contributed by atoms with Crippen molar-refractivity contribution in [3.8, 4) is 23.0 Å². The van der Waals surface area contributed by atoms with Crippen LogP contribution in [0.25, 0.3) is 22.4 Å². The zero-order chi connectivity index (χ0) is 18.0. The topological polar surface area (TPSA) is 90.2 Å². The third-order valence-corrected chi connectivity index (χ3v) is 3.47. The zero-order valence-corrected chi connectivity index (χ0v) is 13.5. The number of hydrogen-bond donors (Lipinski definition) is 1. The summed E-state index contributed by atoms with van der Waals surface area (Å²) in [6.45, 7) is -1.04. The molecule has 1 aromatic carbocycles. The Morgan fingerprint density at radius 1 is 1.28 bits per heavy atom. The number of hydrogen-bond acceptors (Lipinski definition) is 6. The van der Waals surface area contributed by atoms with Crippen LogP contribution >= 0.6 is 0 Å². The molecule has 9 heteroatoms. The van der Waals surface area contributed by atoms with Crippen LogP contribution in [0.3, 0.4) is 0 Å². The highest BCUT2D eigenvalue weighted by atomic mass is 19.3. The lowest BCUT2D eigenvalue weighted by Gasteiger charge is -2.10. The van der Waals surface area contributed by atoms with Crippen molar-refractivity contribution in [1.82, 2.24) is 15.0 Å². The third kappa shape index (κ3) is 3.44. The minimum Gasteiger partial charge on any atom is -0.493 e. The Kier molecular flexibility index (Phi) is 4.64. The first-order valence-electron chi connectivity index (χ1n) is 7.53. The molecule has 0 aliphatic rings. The highest BCUT2D eigenvalue weighted by Gasteiger charge is 2.16. The van der Waals surface area contributed by atoms with Gasteiger partial charge in [0.15, 0.2) is 23.2 Å². The first-order valence-corrected chi connectivity index (χ1v) is 7.53. The van der Waals surface area contributed by atoms with Gasteiger partial charge in [0.25, 0.3) is 5.56 Å². The van der Waals surface area contributed by atoms with Gasteiger partial charge in [-0.15, -0.1) is 0 Å². The number of aromatic amines is 1. The number of fused-ring (bicyclic) bond motifs is 1. The maximum absolute atomic E-state index is 12.5. The molecule has 2 aromatic heterocycles. The van der Waals surface area contributed by atoms with Gasteiger partial charge in [-0.25, -0.2) is 9.97 Å². The Hall–Kier alpha value is -2.97. The quantitative estimate of drug-likeness (QED) is 0.734. The van der Waals surface area contributed by atoms with E-state index in [4.69, 9.17) is 9.15 Å². The van der Waals surface area contributed by atoms with Crippen molar-refractivity contribution in [3.05, 3.63) is 34.6 Å². The van der Waals surface area contributed by atoms with Crippen molar-refractivity contribution >= 4 is 10.9 Å². The van der Waals surface area contributed by atoms with Crippen LogP contribution in [-0.2, 0) is 6.42 Å². The lowest BCUT2D eigenvalue weighted by atomic mass is 10.2. The van der Waals surface area contributed by atoms with Crippen LogP contribution in [0.15, 0.2) is 27.6 Å². The highest BCUT2D eigenvalue weighted by molar-refractivity contribution is 5.83. The molecular formula is C16H15F2N3O4. The Bertz CT molecular complexity index is 952. The van der Waals surface area contributed by atoms with E-state index in [1.807, 2.05) is 6.92 Å². The Balaban J connectivity index is 2.11. The standard InChI is InChI=1S/C16H15F2N3O4/c1-3-4-13-19-10(7-24-13)14-20-9-6-12(25-16(17)18)11(23-2)5-8(9)15(22)21-14/h5-7,16H,3-4H2,1-2H3,(H,20,21,22). The normalized spacial score (nSPS) is 11.2. The molecule has 3 rings (SSSR count). The van der Waals surface area contributed by atoms with Gasteiger partial charge in [0.05, 0.1) is 18.0 Å². The summed E-state index contributed by atoms with van der Waals surface area (Å²) < 4.78 is 39.8. The van der Waals surface area contributed by atoms with Crippen molar-refractivity contribution in [1.29, 1.82) is 0 Å². The summed E-state index contributed by atoms with van der Waals surface area (Å²) in [5.74, 6) is 0.508. The van der Waals surface area contributed by atoms with Gasteiger partial charge in [-0.3, -0.25) is 4.79 Å². The monoisotopic (exact) mass is 351 g/mol. The number of nitrogens with zero attached hydrogens (tertiary/aromatic N) is 2. The van der Waals surface area contributed by atoms with Gasteiger partial charge in [-0.05, 0) is 12.5 Å². The molecule has 0 aliphatic heterocycles. The summed E-state index contributed by atoms with van der Waals surface area (Å²) >= 11 is 0. The van der Waals surface area contributed by atoms with Crippen LogP contribution in [0.1, 0.15) is 19.2 Å². The summed E-state index contributed by atoms with van der Waals surface area (Å²) in [5.41, 5.74) is 0.0757. The lowest BCUT2D eigenvalue weighted by molar-refractivity contribution is -0.0511. The predicted octanol–water partition coefficient (Wildman–Crippen LogP) is 3.14. The smallest absolute Gasteiger partial charge is 0.387 e. The van der Waals surface area contributed by atoms with Gasteiger partial charge < -0.3 is 18.9 Å². The molecule has 0 radical (unpaired) electrons.